The number of hydrogen-bond donors (Lipinski definition) is 0. The molecule has 70 valence electrons. The standard InChI is InChI=1S/C8H9NO3S/c1-3-6-7(11)9(4-5(2)10)8(12)13-6/h3H,4H2,1-2H3/b6-3-. The highest BCUT2D eigenvalue weighted by atomic mass is 32.2. The molecule has 0 aliphatic carbocycles. The Labute approximate surface area is 80.0 Å². The summed E-state index contributed by atoms with van der Waals surface area (Å²) in [6.07, 6.45) is 1.57. The first-order chi connectivity index (χ1) is 6.06. The quantitative estimate of drug-likeness (QED) is 0.626. The Morgan fingerprint density at radius 2 is 2.15 bits per heavy atom. The smallest absolute Gasteiger partial charge is 0.293 e. The van der Waals surface area contributed by atoms with E-state index in [9.17, 15) is 14.4 Å². The van der Waals surface area contributed by atoms with Gasteiger partial charge in [-0.2, -0.15) is 0 Å². The zero-order valence-corrected chi connectivity index (χ0v) is 8.18. The van der Waals surface area contributed by atoms with Crippen molar-refractivity contribution >= 4 is 28.7 Å². The van der Waals surface area contributed by atoms with Gasteiger partial charge in [0, 0.05) is 0 Å². The number of Topliss-reactive ketones (excluding diaryl/α,β-unsaturated/α-hetero) is 1. The monoisotopic (exact) mass is 199 g/mol. The van der Waals surface area contributed by atoms with Crippen LogP contribution in [0.25, 0.3) is 0 Å². The number of nitrogens with zero attached hydrogens (tertiary/aromatic N) is 1. The first kappa shape index (κ1) is 9.98. The molecule has 1 rings (SSSR count). The normalized spacial score (nSPS) is 20.2. The van der Waals surface area contributed by atoms with E-state index in [1.165, 1.54) is 6.92 Å². The van der Waals surface area contributed by atoms with E-state index in [-0.39, 0.29) is 23.5 Å². The molecule has 4 nitrogen and oxygen atoms in total. The molecule has 0 bridgehead atoms. The summed E-state index contributed by atoms with van der Waals surface area (Å²) in [5, 5.41) is -0.367. The Bertz CT molecular complexity index is 309. The fourth-order valence-electron chi connectivity index (χ4n) is 0.950. The predicted molar refractivity (Wildman–Crippen MR) is 49.1 cm³/mol. The second-order valence-electron chi connectivity index (χ2n) is 2.61. The molecule has 0 spiro atoms. The van der Waals surface area contributed by atoms with Gasteiger partial charge in [-0.1, -0.05) is 6.08 Å². The highest BCUT2D eigenvalue weighted by Crippen LogP contribution is 2.29. The molecule has 0 unspecified atom stereocenters. The summed E-state index contributed by atoms with van der Waals surface area (Å²) in [6.45, 7) is 2.91. The first-order valence-corrected chi connectivity index (χ1v) is 4.57. The zero-order valence-electron chi connectivity index (χ0n) is 7.36. The highest BCUT2D eigenvalue weighted by Gasteiger charge is 2.34. The average molecular weight is 199 g/mol. The van der Waals surface area contributed by atoms with E-state index in [0.717, 1.165) is 16.7 Å². The summed E-state index contributed by atoms with van der Waals surface area (Å²) in [6, 6.07) is 0. The van der Waals surface area contributed by atoms with Gasteiger partial charge >= 0.3 is 0 Å². The molecule has 1 aliphatic rings. The summed E-state index contributed by atoms with van der Waals surface area (Å²) in [5.41, 5.74) is 0. The topological polar surface area (TPSA) is 54.5 Å². The fraction of sp³-hybridized carbons (Fsp3) is 0.375. The molecular formula is C8H9NO3S. The minimum atomic E-state index is -0.368. The maximum Gasteiger partial charge on any atom is 0.293 e. The van der Waals surface area contributed by atoms with Crippen LogP contribution in [0, 0.1) is 0 Å². The number of amides is 2. The molecule has 1 aliphatic heterocycles. The van der Waals surface area contributed by atoms with Crippen LogP contribution in [0.5, 0.6) is 0 Å². The van der Waals surface area contributed by atoms with Crippen LogP contribution >= 0.6 is 11.8 Å². The lowest BCUT2D eigenvalue weighted by molar-refractivity contribution is -0.127. The van der Waals surface area contributed by atoms with Crippen LogP contribution in [0.2, 0.25) is 0 Å². The Morgan fingerprint density at radius 1 is 1.54 bits per heavy atom. The minimum Gasteiger partial charge on any atom is -0.298 e. The second kappa shape index (κ2) is 3.74. The molecule has 1 saturated heterocycles. The molecule has 5 heteroatoms. The van der Waals surface area contributed by atoms with Crippen LogP contribution in [0.3, 0.4) is 0 Å². The molecule has 0 aromatic rings. The number of thioether (sulfide) groups is 1. The number of imide groups is 1. The summed E-state index contributed by atoms with van der Waals surface area (Å²) in [4.78, 5) is 34.6. The first-order valence-electron chi connectivity index (χ1n) is 3.75. The van der Waals surface area contributed by atoms with E-state index in [2.05, 4.69) is 0 Å². The van der Waals surface area contributed by atoms with Crippen molar-refractivity contribution in [3.05, 3.63) is 11.0 Å². The maximum atomic E-state index is 11.3. The lowest BCUT2D eigenvalue weighted by atomic mass is 10.4. The Kier molecular flexibility index (Phi) is 2.87. The van der Waals surface area contributed by atoms with Crippen molar-refractivity contribution in [2.45, 2.75) is 13.8 Å². The third kappa shape index (κ3) is 1.98. The zero-order chi connectivity index (χ0) is 10.0. The molecule has 1 heterocycles. The molecule has 0 atom stereocenters. The van der Waals surface area contributed by atoms with Crippen LogP contribution in [-0.4, -0.2) is 28.4 Å². The molecule has 0 radical (unpaired) electrons. The van der Waals surface area contributed by atoms with Crippen molar-refractivity contribution in [3.8, 4) is 0 Å². The van der Waals surface area contributed by atoms with Gasteiger partial charge in [0.25, 0.3) is 11.1 Å². The van der Waals surface area contributed by atoms with Gasteiger partial charge in [0.05, 0.1) is 11.4 Å². The highest BCUT2D eigenvalue weighted by molar-refractivity contribution is 8.18. The van der Waals surface area contributed by atoms with Gasteiger partial charge in [0.2, 0.25) is 0 Å². The van der Waals surface area contributed by atoms with Crippen molar-refractivity contribution < 1.29 is 14.4 Å². The number of hydrogen-bond acceptors (Lipinski definition) is 4. The molecule has 1 fully saturated rings. The predicted octanol–water partition coefficient (Wildman–Crippen LogP) is 1.17. The van der Waals surface area contributed by atoms with Gasteiger partial charge < -0.3 is 0 Å². The van der Waals surface area contributed by atoms with E-state index < -0.39 is 0 Å². The summed E-state index contributed by atoms with van der Waals surface area (Å²) in [5.74, 6) is -0.563. The molecular weight excluding hydrogens is 190 g/mol. The number of carbonyl (C=O) groups excluding carboxylic acids is 3. The van der Waals surface area contributed by atoms with Crippen molar-refractivity contribution in [3.63, 3.8) is 0 Å². The molecule has 2 amide bonds. The van der Waals surface area contributed by atoms with E-state index in [1.54, 1.807) is 13.0 Å². The van der Waals surface area contributed by atoms with Crippen molar-refractivity contribution in [2.24, 2.45) is 0 Å². The van der Waals surface area contributed by atoms with Gasteiger partial charge in [0.15, 0.2) is 0 Å². The maximum absolute atomic E-state index is 11.3. The minimum absolute atomic E-state index is 0.123. The average Bonchev–Trinajstić information content (AvgIpc) is 2.31. The Morgan fingerprint density at radius 3 is 2.54 bits per heavy atom. The van der Waals surface area contributed by atoms with E-state index in [1.807, 2.05) is 0 Å². The van der Waals surface area contributed by atoms with Gasteiger partial charge in [-0.25, -0.2) is 0 Å². The van der Waals surface area contributed by atoms with Crippen molar-refractivity contribution in [2.75, 3.05) is 6.54 Å². The van der Waals surface area contributed by atoms with Gasteiger partial charge in [0.1, 0.15) is 5.78 Å². The van der Waals surface area contributed by atoms with Crippen LogP contribution in [-0.2, 0) is 9.59 Å². The molecule has 13 heavy (non-hydrogen) atoms. The SMILES string of the molecule is C/C=C1\SC(=O)N(CC(C)=O)C1=O. The number of carbonyl (C=O) groups is 3. The van der Waals surface area contributed by atoms with Gasteiger partial charge in [-0.05, 0) is 25.6 Å². The summed E-state index contributed by atoms with van der Waals surface area (Å²) >= 11 is 0.870. The molecule has 0 aromatic heterocycles. The second-order valence-corrected chi connectivity index (χ2v) is 3.61. The van der Waals surface area contributed by atoms with Crippen LogP contribution in [0.1, 0.15) is 13.8 Å². The molecule has 0 aromatic carbocycles. The Hall–Kier alpha value is -1.10. The van der Waals surface area contributed by atoms with Crippen molar-refractivity contribution in [1.29, 1.82) is 0 Å². The summed E-state index contributed by atoms with van der Waals surface area (Å²) in [7, 11) is 0. The lowest BCUT2D eigenvalue weighted by Gasteiger charge is -2.08. The van der Waals surface area contributed by atoms with Gasteiger partial charge in [-0.15, -0.1) is 0 Å². The Balaban J connectivity index is 2.82. The number of allylic oxidation sites excluding steroid dienone is 1. The van der Waals surface area contributed by atoms with Crippen LogP contribution < -0.4 is 0 Å². The van der Waals surface area contributed by atoms with Crippen LogP contribution in [0.15, 0.2) is 11.0 Å². The lowest BCUT2D eigenvalue weighted by Crippen LogP contribution is -2.32. The van der Waals surface area contributed by atoms with Crippen LogP contribution in [0.4, 0.5) is 4.79 Å². The third-order valence-electron chi connectivity index (χ3n) is 1.52. The van der Waals surface area contributed by atoms with E-state index >= 15 is 0 Å². The van der Waals surface area contributed by atoms with E-state index in [4.69, 9.17) is 0 Å². The third-order valence-corrected chi connectivity index (χ3v) is 2.54. The largest absolute Gasteiger partial charge is 0.298 e. The van der Waals surface area contributed by atoms with Crippen molar-refractivity contribution in [1.82, 2.24) is 4.90 Å². The molecule has 0 N–H and O–H groups in total. The molecule has 0 saturated carbocycles. The summed E-state index contributed by atoms with van der Waals surface area (Å²) < 4.78 is 0. The fourth-order valence-corrected chi connectivity index (χ4v) is 1.71. The number of rotatable bonds is 2. The van der Waals surface area contributed by atoms with E-state index in [0.29, 0.717) is 4.91 Å². The van der Waals surface area contributed by atoms with Gasteiger partial charge in [-0.3, -0.25) is 19.3 Å². The number of ketones is 1.